The zero-order valence-electron chi connectivity index (χ0n) is 20.7. The fourth-order valence-corrected chi connectivity index (χ4v) is 4.24. The lowest BCUT2D eigenvalue weighted by Crippen LogP contribution is -3.00. The molecule has 0 aromatic carbocycles. The minimum Gasteiger partial charge on any atom is -1.00 e. The molecule has 0 aliphatic rings. The van der Waals surface area contributed by atoms with Crippen molar-refractivity contribution in [2.75, 3.05) is 27.2 Å². The molecule has 0 fully saturated rings. The Morgan fingerprint density at radius 1 is 0.517 bits per heavy atom. The molecule has 0 aromatic heterocycles. The number of hydrogen-bond acceptors (Lipinski definition) is 0. The van der Waals surface area contributed by atoms with Crippen molar-refractivity contribution >= 4 is 0 Å². The highest BCUT2D eigenvalue weighted by atomic mass is 79.9. The number of halogens is 1. The highest BCUT2D eigenvalue weighted by Crippen LogP contribution is 2.15. The fraction of sp³-hybridized carbons (Fsp3) is 0.926. The van der Waals surface area contributed by atoms with E-state index in [9.17, 15) is 0 Å². The molecule has 0 saturated heterocycles. The zero-order valence-corrected chi connectivity index (χ0v) is 22.3. The maximum Gasteiger partial charge on any atom is 0.0966 e. The van der Waals surface area contributed by atoms with Crippen molar-refractivity contribution < 1.29 is 21.5 Å². The van der Waals surface area contributed by atoms with E-state index in [2.05, 4.69) is 33.7 Å². The molecule has 0 atom stereocenters. The van der Waals surface area contributed by atoms with Gasteiger partial charge in [-0.1, -0.05) is 129 Å². The van der Waals surface area contributed by atoms with E-state index in [0.717, 1.165) is 11.0 Å². The number of unbranched alkanes of at least 4 members (excludes halogenated alkanes) is 19. The van der Waals surface area contributed by atoms with Crippen LogP contribution in [0.25, 0.3) is 0 Å². The molecule has 0 rings (SSSR count). The maximum atomic E-state index is 3.87. The molecular formula is C27H56BrN. The van der Waals surface area contributed by atoms with Crippen LogP contribution in [0.4, 0.5) is 0 Å². The lowest BCUT2D eigenvalue weighted by atomic mass is 10.0. The highest BCUT2D eigenvalue weighted by Gasteiger charge is 2.11. The number of hydrogen-bond donors (Lipinski definition) is 0. The summed E-state index contributed by atoms with van der Waals surface area (Å²) in [6.07, 6.45) is 31.2. The molecule has 0 bridgehead atoms. The summed E-state index contributed by atoms with van der Waals surface area (Å²) in [7, 11) is 4.63. The third kappa shape index (κ3) is 26.1. The molecular weight excluding hydrogens is 418 g/mol. The van der Waals surface area contributed by atoms with Crippen LogP contribution in [0, 0.1) is 0 Å². The van der Waals surface area contributed by atoms with E-state index in [1.807, 2.05) is 0 Å². The van der Waals surface area contributed by atoms with E-state index in [0.29, 0.717) is 0 Å². The summed E-state index contributed by atoms with van der Waals surface area (Å²) in [6, 6.07) is 0. The van der Waals surface area contributed by atoms with Crippen LogP contribution in [0.15, 0.2) is 12.7 Å². The highest BCUT2D eigenvalue weighted by molar-refractivity contribution is 4.64. The van der Waals surface area contributed by atoms with Crippen molar-refractivity contribution in [3.05, 3.63) is 12.7 Å². The van der Waals surface area contributed by atoms with Crippen molar-refractivity contribution in [3.8, 4) is 0 Å². The molecule has 0 N–H and O–H groups in total. The zero-order chi connectivity index (χ0) is 20.8. The third-order valence-corrected chi connectivity index (χ3v) is 6.24. The summed E-state index contributed by atoms with van der Waals surface area (Å²) >= 11 is 0. The Balaban J connectivity index is 0. The van der Waals surface area contributed by atoms with Crippen molar-refractivity contribution in [1.82, 2.24) is 0 Å². The molecule has 0 spiro atoms. The van der Waals surface area contributed by atoms with Gasteiger partial charge in [-0.3, -0.25) is 0 Å². The average molecular weight is 475 g/mol. The number of nitrogens with zero attached hydrogens (tertiary/aromatic N) is 1. The van der Waals surface area contributed by atoms with Gasteiger partial charge in [0.15, 0.2) is 0 Å². The largest absolute Gasteiger partial charge is 1.00 e. The van der Waals surface area contributed by atoms with Gasteiger partial charge >= 0.3 is 0 Å². The van der Waals surface area contributed by atoms with Crippen molar-refractivity contribution in [1.29, 1.82) is 0 Å². The SMILES string of the molecule is C=CC[N+](C)(C)CCCCCCCCCCCCCCCCCCCCCC.[Br-]. The first-order valence-electron chi connectivity index (χ1n) is 13.1. The van der Waals surface area contributed by atoms with E-state index in [-0.39, 0.29) is 17.0 Å². The number of quaternary nitrogens is 1. The van der Waals surface area contributed by atoms with E-state index in [4.69, 9.17) is 0 Å². The Morgan fingerprint density at radius 3 is 1.07 bits per heavy atom. The third-order valence-electron chi connectivity index (χ3n) is 6.24. The molecule has 176 valence electrons. The summed E-state index contributed by atoms with van der Waals surface area (Å²) in [5.41, 5.74) is 0. The molecule has 0 aliphatic heterocycles. The first-order chi connectivity index (χ1) is 13.6. The quantitative estimate of drug-likeness (QED) is 0.0957. The molecule has 0 unspecified atom stereocenters. The Morgan fingerprint density at radius 2 is 0.793 bits per heavy atom. The molecule has 0 radical (unpaired) electrons. The van der Waals surface area contributed by atoms with E-state index in [1.165, 1.54) is 135 Å². The van der Waals surface area contributed by atoms with Gasteiger partial charge in [-0.2, -0.15) is 0 Å². The molecule has 2 heteroatoms. The van der Waals surface area contributed by atoms with E-state index < -0.39 is 0 Å². The summed E-state index contributed by atoms with van der Waals surface area (Å²) in [5, 5.41) is 0. The predicted molar refractivity (Wildman–Crippen MR) is 130 cm³/mol. The Hall–Kier alpha value is 0.180. The fourth-order valence-electron chi connectivity index (χ4n) is 4.24. The van der Waals surface area contributed by atoms with Gasteiger partial charge in [0.2, 0.25) is 0 Å². The van der Waals surface area contributed by atoms with Gasteiger partial charge in [0.1, 0.15) is 0 Å². The standard InChI is InChI=1S/C27H56N.BrH/c1-5-7-8-9-10-11-12-13-14-15-16-17-18-19-20-21-22-23-24-25-27-28(3,4)26-6-2;/h6H,2,5,7-27H2,1,3-4H3;1H/q+1;/p-1. The normalized spacial score (nSPS) is 11.4. The van der Waals surface area contributed by atoms with Crippen molar-refractivity contribution in [2.45, 2.75) is 135 Å². The molecule has 0 heterocycles. The second kappa shape index (κ2) is 24.4. The Kier molecular flexibility index (Phi) is 26.4. The minimum atomic E-state index is 0. The summed E-state index contributed by atoms with van der Waals surface area (Å²) in [4.78, 5) is 0. The molecule has 0 aromatic rings. The van der Waals surface area contributed by atoms with Crippen LogP contribution in [0.3, 0.4) is 0 Å². The molecule has 0 saturated carbocycles. The molecule has 0 amide bonds. The summed E-state index contributed by atoms with van der Waals surface area (Å²) < 4.78 is 1.10. The maximum absolute atomic E-state index is 3.87. The van der Waals surface area contributed by atoms with E-state index in [1.54, 1.807) is 0 Å². The van der Waals surface area contributed by atoms with Gasteiger partial charge in [-0.05, 0) is 18.9 Å². The van der Waals surface area contributed by atoms with Crippen LogP contribution in [-0.4, -0.2) is 31.7 Å². The van der Waals surface area contributed by atoms with Gasteiger partial charge < -0.3 is 21.5 Å². The van der Waals surface area contributed by atoms with Crippen LogP contribution < -0.4 is 17.0 Å². The second-order valence-corrected chi connectivity index (χ2v) is 9.85. The first kappa shape index (κ1) is 31.4. The topological polar surface area (TPSA) is 0 Å². The number of likely N-dealkylation sites (N-methyl/N-ethyl adjacent to an activating group) is 1. The molecule has 1 nitrogen and oxygen atoms in total. The monoisotopic (exact) mass is 473 g/mol. The van der Waals surface area contributed by atoms with E-state index >= 15 is 0 Å². The molecule has 29 heavy (non-hydrogen) atoms. The second-order valence-electron chi connectivity index (χ2n) is 9.85. The predicted octanol–water partition coefficient (Wildman–Crippen LogP) is 6.07. The van der Waals surface area contributed by atoms with Crippen LogP contribution >= 0.6 is 0 Å². The van der Waals surface area contributed by atoms with Gasteiger partial charge in [-0.25, -0.2) is 0 Å². The first-order valence-corrected chi connectivity index (χ1v) is 13.1. The Bertz CT molecular complexity index is 314. The van der Waals surface area contributed by atoms with Gasteiger partial charge in [-0.15, -0.1) is 0 Å². The average Bonchev–Trinajstić information content (AvgIpc) is 2.66. The summed E-state index contributed by atoms with van der Waals surface area (Å²) in [5.74, 6) is 0. The van der Waals surface area contributed by atoms with Crippen molar-refractivity contribution in [2.24, 2.45) is 0 Å². The van der Waals surface area contributed by atoms with Crippen LogP contribution in [0.2, 0.25) is 0 Å². The van der Waals surface area contributed by atoms with Gasteiger partial charge in [0, 0.05) is 0 Å². The van der Waals surface area contributed by atoms with Crippen LogP contribution in [0.1, 0.15) is 135 Å². The van der Waals surface area contributed by atoms with Gasteiger partial charge in [0.05, 0.1) is 27.2 Å². The lowest BCUT2D eigenvalue weighted by Gasteiger charge is -2.28. The van der Waals surface area contributed by atoms with Gasteiger partial charge in [0.25, 0.3) is 0 Å². The van der Waals surface area contributed by atoms with Crippen LogP contribution in [0.5, 0.6) is 0 Å². The smallest absolute Gasteiger partial charge is 0.0966 e. The number of rotatable bonds is 23. The Labute approximate surface area is 196 Å². The van der Waals surface area contributed by atoms with Crippen molar-refractivity contribution in [3.63, 3.8) is 0 Å². The lowest BCUT2D eigenvalue weighted by molar-refractivity contribution is -0.884. The van der Waals surface area contributed by atoms with Crippen LogP contribution in [-0.2, 0) is 0 Å². The minimum absolute atomic E-state index is 0. The summed E-state index contributed by atoms with van der Waals surface area (Å²) in [6.45, 7) is 8.56. The molecule has 0 aliphatic carbocycles.